The summed E-state index contributed by atoms with van der Waals surface area (Å²) in [6.45, 7) is 2.30. The molecule has 0 amide bonds. The number of benzene rings is 1. The Balaban J connectivity index is 2.06. The van der Waals surface area contributed by atoms with E-state index in [1.165, 1.54) is 37.0 Å². The van der Waals surface area contributed by atoms with Crippen molar-refractivity contribution in [2.45, 2.75) is 44.9 Å². The zero-order valence-electron chi connectivity index (χ0n) is 15.0. The molecule has 136 valence electrons. The molecule has 0 saturated heterocycles. The number of hydrogen-bond acceptors (Lipinski definition) is 5. The van der Waals surface area contributed by atoms with Crippen LogP contribution in [-0.4, -0.2) is 19.2 Å². The molecule has 4 nitrogen and oxygen atoms in total. The van der Waals surface area contributed by atoms with Crippen molar-refractivity contribution in [3.63, 3.8) is 0 Å². The Morgan fingerprint density at radius 1 is 1.16 bits per heavy atom. The number of ether oxygens (including phenoxy) is 2. The van der Waals surface area contributed by atoms with Gasteiger partial charge in [0.1, 0.15) is 11.5 Å². The molecule has 1 aliphatic carbocycles. The van der Waals surface area contributed by atoms with Gasteiger partial charge in [0.05, 0.1) is 24.9 Å². The van der Waals surface area contributed by atoms with Crippen molar-refractivity contribution in [2.75, 3.05) is 20.0 Å². The minimum absolute atomic E-state index is 0.427. The predicted molar refractivity (Wildman–Crippen MR) is 105 cm³/mol. The van der Waals surface area contributed by atoms with Gasteiger partial charge in [-0.3, -0.25) is 0 Å². The molecule has 0 aliphatic heterocycles. The first-order valence-electron chi connectivity index (χ1n) is 8.73. The lowest BCUT2D eigenvalue weighted by molar-refractivity contribution is 0.318. The molecule has 25 heavy (non-hydrogen) atoms. The summed E-state index contributed by atoms with van der Waals surface area (Å²) in [5.74, 6) is 2.41. The number of thiazole rings is 1. The largest absolute Gasteiger partial charge is 0.496 e. The molecule has 1 aromatic heterocycles. The summed E-state index contributed by atoms with van der Waals surface area (Å²) in [4.78, 5) is 5.86. The number of anilines is 1. The minimum Gasteiger partial charge on any atom is -0.496 e. The average molecular weight is 381 g/mol. The van der Waals surface area contributed by atoms with Crippen molar-refractivity contribution in [3.05, 3.63) is 22.0 Å². The zero-order chi connectivity index (χ0) is 18.0. The van der Waals surface area contributed by atoms with Crippen LogP contribution >= 0.6 is 22.9 Å². The molecule has 0 spiro atoms. The highest BCUT2D eigenvalue weighted by Crippen LogP contribution is 2.46. The van der Waals surface area contributed by atoms with Gasteiger partial charge in [-0.2, -0.15) is 0 Å². The molecule has 1 saturated carbocycles. The van der Waals surface area contributed by atoms with Crippen LogP contribution in [0.5, 0.6) is 11.5 Å². The van der Waals surface area contributed by atoms with Crippen LogP contribution < -0.4 is 15.2 Å². The molecule has 1 atom stereocenters. The molecule has 1 unspecified atom stereocenters. The summed E-state index contributed by atoms with van der Waals surface area (Å²) in [5, 5.41) is 1.11. The van der Waals surface area contributed by atoms with Gasteiger partial charge in [0.25, 0.3) is 0 Å². The highest BCUT2D eigenvalue weighted by atomic mass is 35.5. The topological polar surface area (TPSA) is 57.4 Å². The quantitative estimate of drug-likeness (QED) is 0.717. The maximum atomic E-state index is 6.25. The third-order valence-corrected chi connectivity index (χ3v) is 6.55. The summed E-state index contributed by atoms with van der Waals surface area (Å²) in [6, 6.07) is 3.67. The van der Waals surface area contributed by atoms with Gasteiger partial charge in [-0.25, -0.2) is 4.98 Å². The third kappa shape index (κ3) is 3.72. The van der Waals surface area contributed by atoms with E-state index in [1.807, 2.05) is 6.07 Å². The Kier molecular flexibility index (Phi) is 5.74. The van der Waals surface area contributed by atoms with Crippen molar-refractivity contribution in [2.24, 2.45) is 5.92 Å². The van der Waals surface area contributed by atoms with Crippen LogP contribution in [-0.2, 0) is 0 Å². The molecular weight excluding hydrogens is 356 g/mol. The predicted octanol–water partition coefficient (Wildman–Crippen LogP) is 5.75. The first-order chi connectivity index (χ1) is 12.0. The Bertz CT molecular complexity index is 741. The summed E-state index contributed by atoms with van der Waals surface area (Å²) in [5.41, 5.74) is 7.86. The molecule has 3 rings (SSSR count). The maximum Gasteiger partial charge on any atom is 0.180 e. The van der Waals surface area contributed by atoms with E-state index in [1.54, 1.807) is 31.6 Å². The first-order valence-corrected chi connectivity index (χ1v) is 9.92. The van der Waals surface area contributed by atoms with E-state index in [4.69, 9.17) is 26.8 Å². The molecule has 6 heteroatoms. The van der Waals surface area contributed by atoms with E-state index in [9.17, 15) is 0 Å². The molecule has 1 fully saturated rings. The standard InChI is InChI=1S/C19H25ClN2O2S/c1-11(12-7-5-4-6-8-12)18-17(22-19(21)25-18)13-9-16(24-3)14(20)10-15(13)23-2/h9-12H,4-8H2,1-3H3,(H2,21,22). The van der Waals surface area contributed by atoms with E-state index in [0.717, 1.165) is 11.3 Å². The molecule has 1 aliphatic rings. The second-order valence-electron chi connectivity index (χ2n) is 6.64. The lowest BCUT2D eigenvalue weighted by Gasteiger charge is -2.27. The summed E-state index contributed by atoms with van der Waals surface area (Å²) < 4.78 is 10.9. The molecular formula is C19H25ClN2O2S. The van der Waals surface area contributed by atoms with Gasteiger partial charge in [0.15, 0.2) is 5.13 Å². The van der Waals surface area contributed by atoms with Gasteiger partial charge in [0.2, 0.25) is 0 Å². The number of nitrogens with zero attached hydrogens (tertiary/aromatic N) is 1. The fourth-order valence-electron chi connectivity index (χ4n) is 3.74. The molecule has 2 N–H and O–H groups in total. The molecule has 1 aromatic carbocycles. The summed E-state index contributed by atoms with van der Waals surface area (Å²) in [6.07, 6.45) is 6.54. The fraction of sp³-hybridized carbons (Fsp3) is 0.526. The summed E-state index contributed by atoms with van der Waals surface area (Å²) >= 11 is 7.83. The van der Waals surface area contributed by atoms with Crippen molar-refractivity contribution in [1.29, 1.82) is 0 Å². The van der Waals surface area contributed by atoms with E-state index in [0.29, 0.717) is 33.5 Å². The van der Waals surface area contributed by atoms with Crippen LogP contribution in [0.2, 0.25) is 5.02 Å². The van der Waals surface area contributed by atoms with Gasteiger partial charge in [-0.1, -0.05) is 37.8 Å². The number of aromatic nitrogens is 1. The number of hydrogen-bond donors (Lipinski definition) is 1. The van der Waals surface area contributed by atoms with E-state index in [-0.39, 0.29) is 0 Å². The lowest BCUT2D eigenvalue weighted by Crippen LogP contribution is -2.13. The second kappa shape index (κ2) is 7.83. The van der Waals surface area contributed by atoms with Crippen LogP contribution in [0.25, 0.3) is 11.3 Å². The van der Waals surface area contributed by atoms with Crippen LogP contribution in [0, 0.1) is 5.92 Å². The van der Waals surface area contributed by atoms with Crippen molar-refractivity contribution in [3.8, 4) is 22.8 Å². The summed E-state index contributed by atoms with van der Waals surface area (Å²) in [7, 11) is 3.25. The van der Waals surface area contributed by atoms with Crippen molar-refractivity contribution >= 4 is 28.1 Å². The van der Waals surface area contributed by atoms with Gasteiger partial charge >= 0.3 is 0 Å². The highest BCUT2D eigenvalue weighted by Gasteiger charge is 2.28. The van der Waals surface area contributed by atoms with E-state index < -0.39 is 0 Å². The van der Waals surface area contributed by atoms with Gasteiger partial charge in [-0.05, 0) is 30.7 Å². The zero-order valence-corrected chi connectivity index (χ0v) is 16.5. The van der Waals surface area contributed by atoms with E-state index >= 15 is 0 Å². The second-order valence-corrected chi connectivity index (χ2v) is 8.11. The van der Waals surface area contributed by atoms with Crippen LogP contribution in [0.3, 0.4) is 0 Å². The number of halogens is 1. The van der Waals surface area contributed by atoms with Gasteiger partial charge < -0.3 is 15.2 Å². The third-order valence-electron chi connectivity index (χ3n) is 5.17. The van der Waals surface area contributed by atoms with Crippen molar-refractivity contribution < 1.29 is 9.47 Å². The normalized spacial score (nSPS) is 16.6. The van der Waals surface area contributed by atoms with Gasteiger partial charge in [-0.15, -0.1) is 11.3 Å². The van der Waals surface area contributed by atoms with Crippen LogP contribution in [0.15, 0.2) is 12.1 Å². The number of rotatable bonds is 5. The van der Waals surface area contributed by atoms with Crippen molar-refractivity contribution in [1.82, 2.24) is 4.98 Å². The van der Waals surface area contributed by atoms with Crippen LogP contribution in [0.1, 0.15) is 49.8 Å². The highest BCUT2D eigenvalue weighted by molar-refractivity contribution is 7.15. The average Bonchev–Trinajstić information content (AvgIpc) is 3.03. The van der Waals surface area contributed by atoms with Gasteiger partial charge in [0, 0.05) is 16.5 Å². The molecule has 0 bridgehead atoms. The number of nitrogen functional groups attached to an aromatic ring is 1. The lowest BCUT2D eigenvalue weighted by atomic mass is 9.79. The molecule has 2 aromatic rings. The Hall–Kier alpha value is -1.46. The Labute approximate surface area is 158 Å². The van der Waals surface area contributed by atoms with Crippen LogP contribution in [0.4, 0.5) is 5.13 Å². The fourth-order valence-corrected chi connectivity index (χ4v) is 4.97. The molecule has 0 radical (unpaired) electrons. The molecule has 1 heterocycles. The Morgan fingerprint density at radius 2 is 1.84 bits per heavy atom. The van der Waals surface area contributed by atoms with E-state index in [2.05, 4.69) is 11.9 Å². The number of nitrogens with two attached hydrogens (primary N) is 1. The SMILES string of the molecule is COc1cc(-c2nc(N)sc2C(C)C2CCCCC2)c(OC)cc1Cl. The number of methoxy groups -OCH3 is 2. The maximum absolute atomic E-state index is 6.25. The minimum atomic E-state index is 0.427. The first kappa shape index (κ1) is 18.3. The Morgan fingerprint density at radius 3 is 2.48 bits per heavy atom. The monoisotopic (exact) mass is 380 g/mol. The smallest absolute Gasteiger partial charge is 0.180 e.